The largest absolute Gasteiger partial charge is 0.550 e. The SMILES string of the molecule is COc1ccc(C=N/N=C2/NC(=O)C(CC(=O)[O-])S2)c(OC)c1. The highest BCUT2D eigenvalue weighted by Crippen LogP contribution is 2.24. The zero-order valence-electron chi connectivity index (χ0n) is 12.4. The van der Waals surface area contributed by atoms with Crippen molar-refractivity contribution in [1.29, 1.82) is 0 Å². The Labute approximate surface area is 136 Å². The lowest BCUT2D eigenvalue weighted by molar-refractivity contribution is -0.305. The van der Waals surface area contributed by atoms with Crippen LogP contribution in [0.3, 0.4) is 0 Å². The van der Waals surface area contributed by atoms with E-state index in [9.17, 15) is 14.7 Å². The second-order valence-corrected chi connectivity index (χ2v) is 5.62. The van der Waals surface area contributed by atoms with Crippen LogP contribution >= 0.6 is 11.8 Å². The summed E-state index contributed by atoms with van der Waals surface area (Å²) in [6.45, 7) is 0. The van der Waals surface area contributed by atoms with Crippen molar-refractivity contribution in [1.82, 2.24) is 5.32 Å². The minimum Gasteiger partial charge on any atom is -0.550 e. The number of carboxylic acids is 1. The molecule has 9 heteroatoms. The van der Waals surface area contributed by atoms with Crippen LogP contribution in [0.5, 0.6) is 11.5 Å². The van der Waals surface area contributed by atoms with E-state index in [-0.39, 0.29) is 11.6 Å². The number of carboxylic acid groups (broad SMARTS) is 1. The number of amides is 1. The van der Waals surface area contributed by atoms with Gasteiger partial charge in [-0.2, -0.15) is 5.10 Å². The number of ether oxygens (including phenoxy) is 2. The van der Waals surface area contributed by atoms with Gasteiger partial charge in [-0.05, 0) is 12.1 Å². The number of methoxy groups -OCH3 is 2. The molecule has 1 amide bonds. The van der Waals surface area contributed by atoms with Crippen molar-refractivity contribution in [3.05, 3.63) is 23.8 Å². The maximum absolute atomic E-state index is 11.5. The summed E-state index contributed by atoms with van der Waals surface area (Å²) in [4.78, 5) is 22.1. The van der Waals surface area contributed by atoms with E-state index in [1.165, 1.54) is 13.3 Å². The molecule has 1 heterocycles. The summed E-state index contributed by atoms with van der Waals surface area (Å²) < 4.78 is 10.3. The maximum Gasteiger partial charge on any atom is 0.239 e. The number of nitrogens with one attached hydrogen (secondary N) is 1. The van der Waals surface area contributed by atoms with Crippen molar-refractivity contribution in [2.24, 2.45) is 10.2 Å². The minimum absolute atomic E-state index is 0.241. The van der Waals surface area contributed by atoms with Crippen LogP contribution in [0, 0.1) is 0 Å². The first-order chi connectivity index (χ1) is 11.0. The number of hydrogen-bond donors (Lipinski definition) is 1. The second kappa shape index (κ2) is 7.63. The molecule has 0 aromatic heterocycles. The molecule has 0 aliphatic carbocycles. The third-order valence-electron chi connectivity index (χ3n) is 2.91. The average molecular weight is 336 g/mol. The third-order valence-corrected chi connectivity index (χ3v) is 3.99. The standard InChI is InChI=1S/C14H15N3O5S/c1-21-9-4-3-8(10(5-9)22-2)7-15-17-14-16-13(20)11(23-14)6-12(18)19/h3-5,7,11H,6H2,1-2H3,(H,18,19)(H,16,17,20)/p-1. The van der Waals surface area contributed by atoms with Gasteiger partial charge in [-0.15, -0.1) is 5.10 Å². The highest BCUT2D eigenvalue weighted by atomic mass is 32.2. The molecule has 1 aromatic carbocycles. The van der Waals surface area contributed by atoms with Gasteiger partial charge in [-0.3, -0.25) is 4.79 Å². The first kappa shape index (κ1) is 16.8. The van der Waals surface area contributed by atoms with Gasteiger partial charge >= 0.3 is 0 Å². The van der Waals surface area contributed by atoms with Crippen LogP contribution in [0.15, 0.2) is 28.4 Å². The van der Waals surface area contributed by atoms with Gasteiger partial charge in [0.2, 0.25) is 5.91 Å². The minimum atomic E-state index is -1.29. The number of hydrogen-bond acceptors (Lipinski definition) is 8. The highest BCUT2D eigenvalue weighted by molar-refractivity contribution is 8.15. The quantitative estimate of drug-likeness (QED) is 0.567. The molecular formula is C14H14N3O5S-. The number of rotatable bonds is 6. The Morgan fingerprint density at radius 2 is 2.22 bits per heavy atom. The first-order valence-corrected chi connectivity index (χ1v) is 7.42. The third kappa shape index (κ3) is 4.46. The molecule has 122 valence electrons. The van der Waals surface area contributed by atoms with Crippen LogP contribution in [-0.4, -0.2) is 42.7 Å². The summed E-state index contributed by atoms with van der Waals surface area (Å²) in [5.41, 5.74) is 0.679. The highest BCUT2D eigenvalue weighted by Gasteiger charge is 2.30. The van der Waals surface area contributed by atoms with Crippen LogP contribution < -0.4 is 19.9 Å². The van der Waals surface area contributed by atoms with Gasteiger partial charge < -0.3 is 24.7 Å². The van der Waals surface area contributed by atoms with Gasteiger partial charge in [0.25, 0.3) is 0 Å². The molecule has 1 unspecified atom stereocenters. The molecular weight excluding hydrogens is 322 g/mol. The van der Waals surface area contributed by atoms with Gasteiger partial charge in [0.1, 0.15) is 11.5 Å². The normalized spacial score (nSPS) is 19.1. The summed E-state index contributed by atoms with van der Waals surface area (Å²) in [5.74, 6) is -0.499. The monoisotopic (exact) mass is 336 g/mol. The van der Waals surface area contributed by atoms with Gasteiger partial charge in [-0.25, -0.2) is 0 Å². The predicted molar refractivity (Wildman–Crippen MR) is 83.7 cm³/mol. The summed E-state index contributed by atoms with van der Waals surface area (Å²) in [5, 5.41) is 20.2. The Morgan fingerprint density at radius 3 is 2.87 bits per heavy atom. The van der Waals surface area contributed by atoms with E-state index in [0.717, 1.165) is 11.8 Å². The summed E-state index contributed by atoms with van der Waals surface area (Å²) >= 11 is 1.00. The van der Waals surface area contributed by atoms with E-state index in [1.807, 2.05) is 0 Å². The molecule has 1 atom stereocenters. The molecule has 1 fully saturated rings. The van der Waals surface area contributed by atoms with Crippen molar-refractivity contribution < 1.29 is 24.2 Å². The van der Waals surface area contributed by atoms with E-state index in [0.29, 0.717) is 17.1 Å². The predicted octanol–water partition coefficient (Wildman–Crippen LogP) is -0.235. The fraction of sp³-hybridized carbons (Fsp3) is 0.286. The zero-order chi connectivity index (χ0) is 16.8. The van der Waals surface area contributed by atoms with Gasteiger partial charge in [0.05, 0.1) is 25.7 Å². The molecule has 1 saturated heterocycles. The Bertz CT molecular complexity index is 674. The van der Waals surface area contributed by atoms with Gasteiger partial charge in [-0.1, -0.05) is 11.8 Å². The van der Waals surface area contributed by atoms with E-state index in [1.54, 1.807) is 25.3 Å². The van der Waals surface area contributed by atoms with E-state index in [2.05, 4.69) is 15.5 Å². The number of benzene rings is 1. The molecule has 1 aliphatic rings. The Morgan fingerprint density at radius 1 is 1.43 bits per heavy atom. The van der Waals surface area contributed by atoms with Gasteiger partial charge in [0.15, 0.2) is 5.17 Å². The average Bonchev–Trinajstić information content (AvgIpc) is 2.86. The smallest absolute Gasteiger partial charge is 0.239 e. The van der Waals surface area contributed by atoms with Crippen LogP contribution in [0.4, 0.5) is 0 Å². The topological polar surface area (TPSA) is 112 Å². The second-order valence-electron chi connectivity index (χ2n) is 4.43. The molecule has 1 aliphatic heterocycles. The van der Waals surface area contributed by atoms with Crippen molar-refractivity contribution in [2.75, 3.05) is 14.2 Å². The fourth-order valence-corrected chi connectivity index (χ4v) is 2.72. The summed E-state index contributed by atoms with van der Waals surface area (Å²) in [7, 11) is 3.08. The zero-order valence-corrected chi connectivity index (χ0v) is 13.3. The molecule has 1 aromatic rings. The van der Waals surface area contributed by atoms with Crippen LogP contribution in [0.2, 0.25) is 0 Å². The summed E-state index contributed by atoms with van der Waals surface area (Å²) in [6, 6.07) is 5.20. The van der Waals surface area contributed by atoms with E-state index < -0.39 is 17.1 Å². The van der Waals surface area contributed by atoms with Crippen molar-refractivity contribution >= 4 is 35.0 Å². The first-order valence-electron chi connectivity index (χ1n) is 6.54. The molecule has 0 bridgehead atoms. The number of carbonyl (C=O) groups excluding carboxylic acids is 2. The number of thioether (sulfide) groups is 1. The molecule has 8 nitrogen and oxygen atoms in total. The van der Waals surface area contributed by atoms with Crippen LogP contribution in [0.25, 0.3) is 0 Å². The number of amidine groups is 1. The van der Waals surface area contributed by atoms with Gasteiger partial charge in [0, 0.05) is 24.0 Å². The lowest BCUT2D eigenvalue weighted by Gasteiger charge is -2.06. The molecule has 0 spiro atoms. The molecule has 0 radical (unpaired) electrons. The van der Waals surface area contributed by atoms with Crippen molar-refractivity contribution in [3.8, 4) is 11.5 Å². The van der Waals surface area contributed by atoms with Crippen molar-refractivity contribution in [2.45, 2.75) is 11.7 Å². The van der Waals surface area contributed by atoms with E-state index >= 15 is 0 Å². The van der Waals surface area contributed by atoms with Crippen LogP contribution in [0.1, 0.15) is 12.0 Å². The number of carbonyl (C=O) groups is 2. The molecule has 0 saturated carbocycles. The van der Waals surface area contributed by atoms with E-state index in [4.69, 9.17) is 9.47 Å². The van der Waals surface area contributed by atoms with Crippen molar-refractivity contribution in [3.63, 3.8) is 0 Å². The lowest BCUT2D eigenvalue weighted by Crippen LogP contribution is -2.31. The molecule has 1 N–H and O–H groups in total. The Hall–Kier alpha value is -2.55. The number of nitrogens with zero attached hydrogens (tertiary/aromatic N) is 2. The van der Waals surface area contributed by atoms with Crippen LogP contribution in [-0.2, 0) is 9.59 Å². The Balaban J connectivity index is 2.07. The Kier molecular flexibility index (Phi) is 5.58. The molecule has 23 heavy (non-hydrogen) atoms. The molecule has 2 rings (SSSR count). The lowest BCUT2D eigenvalue weighted by atomic mass is 10.2. The maximum atomic E-state index is 11.5. The fourth-order valence-electron chi connectivity index (χ4n) is 1.81. The summed E-state index contributed by atoms with van der Waals surface area (Å²) in [6.07, 6.45) is 1.09. The number of aliphatic carboxylic acids is 1.